The molecule has 0 spiro atoms. The highest BCUT2D eigenvalue weighted by atomic mass is 16.5. The third-order valence-electron chi connectivity index (χ3n) is 3.81. The van der Waals surface area contributed by atoms with Gasteiger partial charge in [-0.15, -0.1) is 0 Å². The van der Waals surface area contributed by atoms with Crippen molar-refractivity contribution in [3.63, 3.8) is 0 Å². The van der Waals surface area contributed by atoms with E-state index >= 15 is 0 Å². The lowest BCUT2D eigenvalue weighted by Crippen LogP contribution is -2.35. The number of benzene rings is 1. The van der Waals surface area contributed by atoms with Crippen molar-refractivity contribution >= 4 is 11.9 Å². The predicted molar refractivity (Wildman–Crippen MR) is 92.2 cm³/mol. The molecule has 0 saturated heterocycles. The molecule has 0 fully saturated rings. The Hall–Kier alpha value is -3.03. The number of carbonyl (C=O) groups is 2. The molecule has 0 aliphatic carbocycles. The first-order valence-corrected chi connectivity index (χ1v) is 7.99. The number of amides is 1. The van der Waals surface area contributed by atoms with E-state index in [1.54, 1.807) is 33.1 Å². The van der Waals surface area contributed by atoms with Crippen molar-refractivity contribution < 1.29 is 28.3 Å². The molecule has 0 aliphatic rings. The van der Waals surface area contributed by atoms with Crippen molar-refractivity contribution in [2.24, 2.45) is 0 Å². The minimum atomic E-state index is -0.962. The van der Waals surface area contributed by atoms with Gasteiger partial charge in [0.05, 0.1) is 19.9 Å². The van der Waals surface area contributed by atoms with Gasteiger partial charge in [0.25, 0.3) is 5.91 Å². The molecular formula is C18H22N2O6. The fourth-order valence-corrected chi connectivity index (χ4v) is 2.37. The van der Waals surface area contributed by atoms with Gasteiger partial charge in [-0.05, 0) is 38.5 Å². The van der Waals surface area contributed by atoms with E-state index in [-0.39, 0.29) is 12.1 Å². The Labute approximate surface area is 151 Å². The van der Waals surface area contributed by atoms with E-state index in [9.17, 15) is 9.59 Å². The molecule has 140 valence electrons. The van der Waals surface area contributed by atoms with Gasteiger partial charge < -0.3 is 24.1 Å². The molecule has 26 heavy (non-hydrogen) atoms. The summed E-state index contributed by atoms with van der Waals surface area (Å²) in [5.74, 6) is 0.460. The van der Waals surface area contributed by atoms with Gasteiger partial charge in [0, 0.05) is 6.54 Å². The van der Waals surface area contributed by atoms with Crippen LogP contribution in [0, 0.1) is 13.8 Å². The Morgan fingerprint density at radius 3 is 2.46 bits per heavy atom. The molecule has 8 nitrogen and oxygen atoms in total. The number of carbonyl (C=O) groups excluding carboxylic acids is 2. The average molecular weight is 362 g/mol. The van der Waals surface area contributed by atoms with Crippen molar-refractivity contribution in [2.75, 3.05) is 14.2 Å². The van der Waals surface area contributed by atoms with Crippen LogP contribution < -0.4 is 14.8 Å². The second-order valence-corrected chi connectivity index (χ2v) is 5.65. The number of aryl methyl sites for hydroxylation is 2. The van der Waals surface area contributed by atoms with E-state index in [2.05, 4.69) is 10.5 Å². The third kappa shape index (κ3) is 4.33. The van der Waals surface area contributed by atoms with Gasteiger partial charge in [-0.1, -0.05) is 11.2 Å². The standard InChI is InChI=1S/C18H22N2O6/c1-10-16(11(2)26-20-10)18(22)25-12(3)17(21)19-9-13-6-7-14(23-4)15(8-13)24-5/h6-8,12H,9H2,1-5H3,(H,19,21)/t12-/m0/s1. The van der Waals surface area contributed by atoms with Crippen LogP contribution in [-0.4, -0.2) is 37.4 Å². The van der Waals surface area contributed by atoms with E-state index in [4.69, 9.17) is 18.7 Å². The minimum absolute atomic E-state index is 0.240. The molecule has 1 atom stereocenters. The number of aromatic nitrogens is 1. The summed E-state index contributed by atoms with van der Waals surface area (Å²) >= 11 is 0. The first kappa shape index (κ1) is 19.3. The lowest BCUT2D eigenvalue weighted by atomic mass is 10.2. The quantitative estimate of drug-likeness (QED) is 0.754. The molecular weight excluding hydrogens is 340 g/mol. The van der Waals surface area contributed by atoms with Crippen LogP contribution in [0.2, 0.25) is 0 Å². The zero-order chi connectivity index (χ0) is 19.3. The summed E-state index contributed by atoms with van der Waals surface area (Å²) in [7, 11) is 3.09. The van der Waals surface area contributed by atoms with Crippen LogP contribution in [-0.2, 0) is 16.1 Å². The summed E-state index contributed by atoms with van der Waals surface area (Å²) in [6, 6.07) is 5.32. The van der Waals surface area contributed by atoms with Crippen molar-refractivity contribution in [3.05, 3.63) is 40.8 Å². The van der Waals surface area contributed by atoms with Crippen molar-refractivity contribution in [1.82, 2.24) is 10.5 Å². The molecule has 0 radical (unpaired) electrons. The highest BCUT2D eigenvalue weighted by Gasteiger charge is 2.24. The fraction of sp³-hybridized carbons (Fsp3) is 0.389. The van der Waals surface area contributed by atoms with E-state index in [1.807, 2.05) is 6.07 Å². The minimum Gasteiger partial charge on any atom is -0.493 e. The third-order valence-corrected chi connectivity index (χ3v) is 3.81. The molecule has 0 saturated carbocycles. The summed E-state index contributed by atoms with van der Waals surface area (Å²) in [4.78, 5) is 24.3. The Morgan fingerprint density at radius 1 is 1.19 bits per heavy atom. The molecule has 1 aromatic heterocycles. The maximum absolute atomic E-state index is 12.2. The SMILES string of the molecule is COc1ccc(CNC(=O)[C@H](C)OC(=O)c2c(C)noc2C)cc1OC. The maximum atomic E-state index is 12.2. The van der Waals surface area contributed by atoms with E-state index in [1.165, 1.54) is 14.0 Å². The van der Waals surface area contributed by atoms with Crippen LogP contribution in [0.3, 0.4) is 0 Å². The zero-order valence-electron chi connectivity index (χ0n) is 15.4. The van der Waals surface area contributed by atoms with Crippen molar-refractivity contribution in [3.8, 4) is 11.5 Å². The summed E-state index contributed by atoms with van der Waals surface area (Å²) in [5.41, 5.74) is 1.48. The molecule has 0 unspecified atom stereocenters. The maximum Gasteiger partial charge on any atom is 0.344 e. The molecule has 0 bridgehead atoms. The normalized spacial score (nSPS) is 11.6. The van der Waals surface area contributed by atoms with Crippen LogP contribution in [0.25, 0.3) is 0 Å². The number of esters is 1. The topological polar surface area (TPSA) is 99.9 Å². The molecule has 0 aliphatic heterocycles. The Morgan fingerprint density at radius 2 is 1.88 bits per heavy atom. The van der Waals surface area contributed by atoms with Gasteiger partial charge in [-0.3, -0.25) is 4.79 Å². The second-order valence-electron chi connectivity index (χ2n) is 5.65. The zero-order valence-corrected chi connectivity index (χ0v) is 15.4. The number of hydrogen-bond donors (Lipinski definition) is 1. The molecule has 2 rings (SSSR count). The van der Waals surface area contributed by atoms with Gasteiger partial charge >= 0.3 is 5.97 Å². The van der Waals surface area contributed by atoms with Gasteiger partial charge in [-0.2, -0.15) is 0 Å². The number of ether oxygens (including phenoxy) is 3. The molecule has 8 heteroatoms. The van der Waals surface area contributed by atoms with Gasteiger partial charge in [0.2, 0.25) is 0 Å². The molecule has 1 amide bonds. The highest BCUT2D eigenvalue weighted by Crippen LogP contribution is 2.27. The summed E-state index contributed by atoms with van der Waals surface area (Å²) < 4.78 is 20.5. The number of rotatable bonds is 7. The van der Waals surface area contributed by atoms with Crippen LogP contribution in [0.4, 0.5) is 0 Å². The molecule has 1 N–H and O–H groups in total. The van der Waals surface area contributed by atoms with E-state index in [0.29, 0.717) is 23.0 Å². The Bertz CT molecular complexity index is 779. The smallest absolute Gasteiger partial charge is 0.344 e. The number of hydrogen-bond acceptors (Lipinski definition) is 7. The molecule has 1 aromatic carbocycles. The number of methoxy groups -OCH3 is 2. The van der Waals surface area contributed by atoms with Crippen LogP contribution in [0.5, 0.6) is 11.5 Å². The summed E-state index contributed by atoms with van der Waals surface area (Å²) in [6.07, 6.45) is -0.962. The summed E-state index contributed by atoms with van der Waals surface area (Å²) in [6.45, 7) is 5.00. The predicted octanol–water partition coefficient (Wildman–Crippen LogP) is 2.17. The fourth-order valence-electron chi connectivity index (χ4n) is 2.37. The monoisotopic (exact) mass is 362 g/mol. The number of nitrogens with one attached hydrogen (secondary N) is 1. The van der Waals surface area contributed by atoms with Crippen LogP contribution in [0.1, 0.15) is 34.3 Å². The van der Waals surface area contributed by atoms with E-state index < -0.39 is 18.0 Å². The lowest BCUT2D eigenvalue weighted by Gasteiger charge is -2.14. The molecule has 2 aromatic rings. The first-order chi connectivity index (χ1) is 12.4. The van der Waals surface area contributed by atoms with Gasteiger partial charge in [0.1, 0.15) is 11.3 Å². The largest absolute Gasteiger partial charge is 0.493 e. The highest BCUT2D eigenvalue weighted by molar-refractivity contribution is 5.93. The van der Waals surface area contributed by atoms with Crippen LogP contribution in [0.15, 0.2) is 22.7 Å². The summed E-state index contributed by atoms with van der Waals surface area (Å²) in [5, 5.41) is 6.41. The lowest BCUT2D eigenvalue weighted by molar-refractivity contribution is -0.129. The first-order valence-electron chi connectivity index (χ1n) is 7.99. The van der Waals surface area contributed by atoms with Gasteiger partial charge in [0.15, 0.2) is 17.6 Å². The Kier molecular flexibility index (Phi) is 6.21. The van der Waals surface area contributed by atoms with E-state index in [0.717, 1.165) is 5.56 Å². The molecule has 1 heterocycles. The Balaban J connectivity index is 1.94. The van der Waals surface area contributed by atoms with Crippen molar-refractivity contribution in [2.45, 2.75) is 33.4 Å². The average Bonchev–Trinajstić information content (AvgIpc) is 2.97. The number of nitrogens with zero attached hydrogens (tertiary/aromatic N) is 1. The van der Waals surface area contributed by atoms with Crippen LogP contribution >= 0.6 is 0 Å². The second kappa shape index (κ2) is 8.37. The van der Waals surface area contributed by atoms with Gasteiger partial charge in [-0.25, -0.2) is 4.79 Å². The van der Waals surface area contributed by atoms with Crippen molar-refractivity contribution in [1.29, 1.82) is 0 Å².